The van der Waals surface area contributed by atoms with E-state index in [1.165, 1.54) is 6.07 Å². The van der Waals surface area contributed by atoms with E-state index in [1.54, 1.807) is 30.9 Å². The van der Waals surface area contributed by atoms with E-state index in [1.807, 2.05) is 12.1 Å². The van der Waals surface area contributed by atoms with Crippen LogP contribution in [0, 0.1) is 9.39 Å². The van der Waals surface area contributed by atoms with Crippen molar-refractivity contribution in [3.8, 4) is 11.1 Å². The summed E-state index contributed by atoms with van der Waals surface area (Å²) in [5, 5.41) is 9.77. The third-order valence-corrected chi connectivity index (χ3v) is 3.50. The monoisotopic (exact) mass is 380 g/mol. The van der Waals surface area contributed by atoms with Gasteiger partial charge in [0.05, 0.1) is 23.8 Å². The van der Waals surface area contributed by atoms with Crippen LogP contribution in [0.3, 0.4) is 0 Å². The van der Waals surface area contributed by atoms with Gasteiger partial charge in [0.15, 0.2) is 0 Å². The fraction of sp³-hybridized carbons (Fsp3) is 0. The molecule has 0 saturated carbocycles. The van der Waals surface area contributed by atoms with Crippen molar-refractivity contribution in [2.75, 3.05) is 5.32 Å². The van der Waals surface area contributed by atoms with Gasteiger partial charge in [-0.1, -0.05) is 0 Å². The second-order valence-electron chi connectivity index (χ2n) is 4.16. The van der Waals surface area contributed by atoms with E-state index in [9.17, 15) is 4.39 Å². The Balaban J connectivity index is 1.99. The van der Waals surface area contributed by atoms with Crippen LogP contribution in [-0.2, 0) is 0 Å². The van der Waals surface area contributed by atoms with Crippen LogP contribution in [0.5, 0.6) is 0 Å². The Hall–Kier alpha value is -1.96. The molecule has 0 saturated heterocycles. The van der Waals surface area contributed by atoms with Gasteiger partial charge in [0.25, 0.3) is 0 Å². The third kappa shape index (κ3) is 2.64. The smallest absolute Gasteiger partial charge is 0.147 e. The molecule has 0 aliphatic heterocycles. The number of nitrogens with one attached hydrogen (secondary N) is 2. The first-order valence-corrected chi connectivity index (χ1v) is 6.97. The Kier molecular flexibility index (Phi) is 3.64. The summed E-state index contributed by atoms with van der Waals surface area (Å²) < 4.78 is 14.8. The minimum absolute atomic E-state index is 0.293. The van der Waals surface area contributed by atoms with Crippen LogP contribution in [0.2, 0.25) is 0 Å². The number of H-pyrrole nitrogens is 1. The standard InChI is InChI=1S/C14H10FIN4/c15-12-5-10(16)1-2-13(12)20-14-8-17-4-3-11(14)9-6-18-19-7-9/h1-8,20H,(H,18,19). The Labute approximate surface area is 128 Å². The number of aromatic amines is 1. The molecular formula is C14H10FIN4. The van der Waals surface area contributed by atoms with Crippen LogP contribution >= 0.6 is 22.6 Å². The first-order chi connectivity index (χ1) is 9.74. The van der Waals surface area contributed by atoms with Crippen molar-refractivity contribution < 1.29 is 4.39 Å². The highest BCUT2D eigenvalue weighted by molar-refractivity contribution is 14.1. The molecule has 0 bridgehead atoms. The fourth-order valence-electron chi connectivity index (χ4n) is 1.88. The summed E-state index contributed by atoms with van der Waals surface area (Å²) in [5.74, 6) is -0.293. The van der Waals surface area contributed by atoms with Gasteiger partial charge in [-0.15, -0.1) is 0 Å². The Morgan fingerprint density at radius 3 is 2.80 bits per heavy atom. The van der Waals surface area contributed by atoms with E-state index in [4.69, 9.17) is 0 Å². The molecule has 2 N–H and O–H groups in total. The van der Waals surface area contributed by atoms with Crippen molar-refractivity contribution in [3.63, 3.8) is 0 Å². The van der Waals surface area contributed by atoms with Gasteiger partial charge in [-0.3, -0.25) is 10.1 Å². The molecule has 3 aromatic rings. The van der Waals surface area contributed by atoms with Crippen molar-refractivity contribution in [2.24, 2.45) is 0 Å². The lowest BCUT2D eigenvalue weighted by atomic mass is 10.1. The zero-order valence-electron chi connectivity index (χ0n) is 10.3. The van der Waals surface area contributed by atoms with Gasteiger partial charge in [0.1, 0.15) is 5.82 Å². The Morgan fingerprint density at radius 2 is 2.05 bits per heavy atom. The van der Waals surface area contributed by atoms with Gasteiger partial charge in [-0.05, 0) is 46.9 Å². The molecule has 0 radical (unpaired) electrons. The zero-order chi connectivity index (χ0) is 13.9. The summed E-state index contributed by atoms with van der Waals surface area (Å²) >= 11 is 2.08. The molecule has 0 spiro atoms. The van der Waals surface area contributed by atoms with Crippen LogP contribution in [-0.4, -0.2) is 15.2 Å². The van der Waals surface area contributed by atoms with Gasteiger partial charge >= 0.3 is 0 Å². The van der Waals surface area contributed by atoms with Crippen LogP contribution in [0.1, 0.15) is 0 Å². The second-order valence-corrected chi connectivity index (χ2v) is 5.40. The number of hydrogen-bond acceptors (Lipinski definition) is 3. The number of pyridine rings is 1. The topological polar surface area (TPSA) is 53.6 Å². The van der Waals surface area contributed by atoms with Gasteiger partial charge in [0.2, 0.25) is 0 Å². The highest BCUT2D eigenvalue weighted by atomic mass is 127. The molecule has 6 heteroatoms. The third-order valence-electron chi connectivity index (χ3n) is 2.83. The summed E-state index contributed by atoms with van der Waals surface area (Å²) in [4.78, 5) is 4.08. The molecule has 0 unspecified atom stereocenters. The average molecular weight is 380 g/mol. The predicted molar refractivity (Wildman–Crippen MR) is 84.2 cm³/mol. The van der Waals surface area contributed by atoms with Crippen molar-refractivity contribution in [1.82, 2.24) is 15.2 Å². The van der Waals surface area contributed by atoms with Gasteiger partial charge in [0, 0.05) is 27.1 Å². The number of benzene rings is 1. The van der Waals surface area contributed by atoms with E-state index in [2.05, 4.69) is 43.1 Å². The second kappa shape index (κ2) is 5.58. The number of nitrogens with zero attached hydrogens (tertiary/aromatic N) is 2. The lowest BCUT2D eigenvalue weighted by Gasteiger charge is -2.11. The normalized spacial score (nSPS) is 10.5. The molecule has 2 heterocycles. The van der Waals surface area contributed by atoms with Crippen LogP contribution < -0.4 is 5.32 Å². The van der Waals surface area contributed by atoms with Crippen molar-refractivity contribution in [3.05, 3.63) is 58.4 Å². The Morgan fingerprint density at radius 1 is 1.15 bits per heavy atom. The summed E-state index contributed by atoms with van der Waals surface area (Å²) in [6, 6.07) is 6.90. The van der Waals surface area contributed by atoms with E-state index in [-0.39, 0.29) is 5.82 Å². The molecule has 3 rings (SSSR count). The molecule has 4 nitrogen and oxygen atoms in total. The highest BCUT2D eigenvalue weighted by Gasteiger charge is 2.09. The van der Waals surface area contributed by atoms with Crippen molar-refractivity contribution >= 4 is 34.0 Å². The number of aromatic nitrogens is 3. The van der Waals surface area contributed by atoms with Gasteiger partial charge < -0.3 is 5.32 Å². The molecular weight excluding hydrogens is 370 g/mol. The molecule has 0 atom stereocenters. The summed E-state index contributed by atoms with van der Waals surface area (Å²) in [5.41, 5.74) is 2.98. The van der Waals surface area contributed by atoms with Crippen LogP contribution in [0.25, 0.3) is 11.1 Å². The minimum Gasteiger partial charge on any atom is -0.351 e. The molecule has 1 aromatic carbocycles. The molecule has 20 heavy (non-hydrogen) atoms. The molecule has 0 amide bonds. The van der Waals surface area contributed by atoms with E-state index in [0.29, 0.717) is 5.69 Å². The SMILES string of the molecule is Fc1cc(I)ccc1Nc1cnccc1-c1cn[nH]c1. The lowest BCUT2D eigenvalue weighted by Crippen LogP contribution is -1.97. The van der Waals surface area contributed by atoms with Gasteiger partial charge in [-0.25, -0.2) is 4.39 Å². The van der Waals surface area contributed by atoms with Crippen molar-refractivity contribution in [2.45, 2.75) is 0 Å². The highest BCUT2D eigenvalue weighted by Crippen LogP contribution is 2.29. The molecule has 100 valence electrons. The maximum atomic E-state index is 13.9. The lowest BCUT2D eigenvalue weighted by molar-refractivity contribution is 0.631. The van der Waals surface area contributed by atoms with E-state index < -0.39 is 0 Å². The van der Waals surface area contributed by atoms with Gasteiger partial charge in [-0.2, -0.15) is 5.10 Å². The largest absolute Gasteiger partial charge is 0.351 e. The molecule has 2 aromatic heterocycles. The average Bonchev–Trinajstić information content (AvgIpc) is 2.96. The quantitative estimate of drug-likeness (QED) is 0.677. The minimum atomic E-state index is -0.293. The fourth-order valence-corrected chi connectivity index (χ4v) is 2.33. The van der Waals surface area contributed by atoms with Crippen molar-refractivity contribution in [1.29, 1.82) is 0 Å². The number of rotatable bonds is 3. The summed E-state index contributed by atoms with van der Waals surface area (Å²) in [6.45, 7) is 0. The van der Waals surface area contributed by atoms with E-state index >= 15 is 0 Å². The zero-order valence-corrected chi connectivity index (χ0v) is 12.4. The number of anilines is 2. The van der Waals surface area contributed by atoms with E-state index in [0.717, 1.165) is 20.4 Å². The first kappa shape index (κ1) is 13.0. The molecule has 0 fully saturated rings. The summed E-state index contributed by atoms with van der Waals surface area (Å²) in [7, 11) is 0. The van der Waals surface area contributed by atoms with Crippen LogP contribution in [0.4, 0.5) is 15.8 Å². The molecule has 0 aliphatic carbocycles. The predicted octanol–water partition coefficient (Wildman–Crippen LogP) is 3.96. The molecule has 0 aliphatic rings. The Bertz CT molecular complexity index is 728. The van der Waals surface area contributed by atoms with Crippen LogP contribution in [0.15, 0.2) is 49.1 Å². The maximum absolute atomic E-state index is 13.9. The summed E-state index contributed by atoms with van der Waals surface area (Å²) in [6.07, 6.45) is 6.85. The maximum Gasteiger partial charge on any atom is 0.147 e. The first-order valence-electron chi connectivity index (χ1n) is 5.89. The number of halogens is 2. The number of hydrogen-bond donors (Lipinski definition) is 2.